The van der Waals surface area contributed by atoms with Gasteiger partial charge in [0.15, 0.2) is 0 Å². The van der Waals surface area contributed by atoms with Crippen molar-refractivity contribution in [3.05, 3.63) is 24.1 Å². The highest BCUT2D eigenvalue weighted by atomic mass is 32.2. The van der Waals surface area contributed by atoms with Crippen LogP contribution < -0.4 is 0 Å². The second kappa shape index (κ2) is 6.69. The van der Waals surface area contributed by atoms with Gasteiger partial charge in [-0.1, -0.05) is 13.2 Å². The van der Waals surface area contributed by atoms with Crippen molar-refractivity contribution in [1.29, 1.82) is 0 Å². The fraction of sp³-hybridized carbons (Fsp3) is 0.545. The van der Waals surface area contributed by atoms with E-state index in [-0.39, 0.29) is 0 Å². The lowest BCUT2D eigenvalue weighted by atomic mass is 10.3. The van der Waals surface area contributed by atoms with E-state index >= 15 is 0 Å². The Morgan fingerprint density at radius 3 is 2.60 bits per heavy atom. The lowest BCUT2D eigenvalue weighted by Gasteiger charge is -2.25. The molecule has 0 unspecified atom stereocenters. The molecule has 0 aromatic heterocycles. The van der Waals surface area contributed by atoms with Crippen molar-refractivity contribution in [2.24, 2.45) is 0 Å². The molecule has 0 saturated carbocycles. The quantitative estimate of drug-likeness (QED) is 0.291. The molecule has 0 aromatic carbocycles. The first-order valence-electron chi connectivity index (χ1n) is 4.64. The summed E-state index contributed by atoms with van der Waals surface area (Å²) in [7, 11) is 0. The summed E-state index contributed by atoms with van der Waals surface area (Å²) >= 11 is 1.55. The van der Waals surface area contributed by atoms with E-state index in [0.717, 1.165) is 5.75 Å². The van der Waals surface area contributed by atoms with Crippen LogP contribution in [0.5, 0.6) is 0 Å². The highest BCUT2D eigenvalue weighted by Gasteiger charge is 2.23. The van der Waals surface area contributed by atoms with Crippen LogP contribution in [0.3, 0.4) is 0 Å². The van der Waals surface area contributed by atoms with E-state index in [4.69, 9.17) is 9.47 Å². The van der Waals surface area contributed by atoms with Gasteiger partial charge in [0.2, 0.25) is 5.79 Å². The molecule has 0 bridgehead atoms. The lowest BCUT2D eigenvalue weighted by Crippen LogP contribution is -2.32. The molecule has 0 spiro atoms. The molecule has 0 saturated heterocycles. The minimum absolute atomic E-state index is 0.368. The van der Waals surface area contributed by atoms with E-state index in [1.165, 1.54) is 0 Å². The molecule has 0 heterocycles. The SMILES string of the molecule is C=CSCCOC(C)(C)OC(=O)C(=C)C. The van der Waals surface area contributed by atoms with Gasteiger partial charge >= 0.3 is 5.97 Å². The number of ether oxygens (including phenoxy) is 2. The van der Waals surface area contributed by atoms with Gasteiger partial charge in [0.1, 0.15) is 0 Å². The number of carbonyl (C=O) groups excluding carboxylic acids is 1. The van der Waals surface area contributed by atoms with Crippen LogP contribution in [0.1, 0.15) is 20.8 Å². The van der Waals surface area contributed by atoms with Gasteiger partial charge in [-0.2, -0.15) is 0 Å². The van der Waals surface area contributed by atoms with Crippen molar-refractivity contribution < 1.29 is 14.3 Å². The van der Waals surface area contributed by atoms with E-state index in [1.54, 1.807) is 37.9 Å². The van der Waals surface area contributed by atoms with Crippen LogP contribution in [-0.2, 0) is 14.3 Å². The smallest absolute Gasteiger partial charge is 0.335 e. The second-order valence-corrected chi connectivity index (χ2v) is 4.53. The highest BCUT2D eigenvalue weighted by Crippen LogP contribution is 2.14. The molecule has 0 aliphatic rings. The Morgan fingerprint density at radius 2 is 2.13 bits per heavy atom. The molecule has 0 atom stereocenters. The number of hydrogen-bond donors (Lipinski definition) is 0. The Bertz CT molecular complexity index is 246. The normalized spacial score (nSPS) is 10.9. The minimum atomic E-state index is -0.905. The molecule has 0 fully saturated rings. The molecule has 0 radical (unpaired) electrons. The Hall–Kier alpha value is -0.740. The van der Waals surface area contributed by atoms with Gasteiger partial charge in [0.25, 0.3) is 0 Å². The van der Waals surface area contributed by atoms with Crippen LogP contribution in [0.15, 0.2) is 24.1 Å². The summed E-state index contributed by atoms with van der Waals surface area (Å²) in [5.41, 5.74) is 0.368. The summed E-state index contributed by atoms with van der Waals surface area (Å²) in [6.07, 6.45) is 0. The van der Waals surface area contributed by atoms with E-state index in [1.807, 2.05) is 0 Å². The Kier molecular flexibility index (Phi) is 6.36. The van der Waals surface area contributed by atoms with Crippen molar-refractivity contribution in [2.45, 2.75) is 26.6 Å². The van der Waals surface area contributed by atoms with Gasteiger partial charge < -0.3 is 9.47 Å². The lowest BCUT2D eigenvalue weighted by molar-refractivity contribution is -0.209. The Labute approximate surface area is 95.5 Å². The fourth-order valence-corrected chi connectivity index (χ4v) is 1.10. The molecule has 0 amide bonds. The third-order valence-electron chi connectivity index (χ3n) is 1.46. The van der Waals surface area contributed by atoms with E-state index in [2.05, 4.69) is 13.2 Å². The van der Waals surface area contributed by atoms with Gasteiger partial charge in [0, 0.05) is 25.2 Å². The predicted octanol–water partition coefficient (Wildman–Crippen LogP) is 2.74. The zero-order valence-electron chi connectivity index (χ0n) is 9.54. The maximum atomic E-state index is 11.2. The third-order valence-corrected chi connectivity index (χ3v) is 2.09. The first kappa shape index (κ1) is 14.3. The van der Waals surface area contributed by atoms with Crippen LogP contribution in [-0.4, -0.2) is 24.1 Å². The Balaban J connectivity index is 3.90. The first-order chi connectivity index (χ1) is 6.89. The van der Waals surface area contributed by atoms with E-state index in [9.17, 15) is 4.79 Å². The molecule has 86 valence electrons. The molecule has 0 aromatic rings. The summed E-state index contributed by atoms with van der Waals surface area (Å²) in [5, 5.41) is 1.75. The largest absolute Gasteiger partial charge is 0.430 e. The van der Waals surface area contributed by atoms with Crippen LogP contribution in [0.4, 0.5) is 0 Å². The highest BCUT2D eigenvalue weighted by molar-refractivity contribution is 8.02. The molecule has 0 aliphatic heterocycles. The maximum Gasteiger partial charge on any atom is 0.335 e. The molecule has 0 rings (SSSR count). The predicted molar refractivity (Wildman–Crippen MR) is 63.6 cm³/mol. The molecular formula is C11H18O3S. The number of rotatable bonds is 7. The zero-order valence-corrected chi connectivity index (χ0v) is 10.4. The van der Waals surface area contributed by atoms with Crippen molar-refractivity contribution >= 4 is 17.7 Å². The summed E-state index contributed by atoms with van der Waals surface area (Å²) in [6.45, 7) is 12.6. The van der Waals surface area contributed by atoms with Gasteiger partial charge in [0.05, 0.1) is 6.61 Å². The fourth-order valence-electron chi connectivity index (χ4n) is 0.759. The number of thioether (sulfide) groups is 1. The summed E-state index contributed by atoms with van der Waals surface area (Å²) < 4.78 is 10.5. The maximum absolute atomic E-state index is 11.2. The van der Waals surface area contributed by atoms with Crippen LogP contribution in [0.25, 0.3) is 0 Å². The van der Waals surface area contributed by atoms with Gasteiger partial charge in [-0.25, -0.2) is 4.79 Å². The van der Waals surface area contributed by atoms with Crippen molar-refractivity contribution in [3.63, 3.8) is 0 Å². The molecule has 15 heavy (non-hydrogen) atoms. The summed E-state index contributed by atoms with van der Waals surface area (Å²) in [5.74, 6) is -0.550. The summed E-state index contributed by atoms with van der Waals surface area (Å²) in [4.78, 5) is 11.2. The monoisotopic (exact) mass is 230 g/mol. The molecule has 4 heteroatoms. The van der Waals surface area contributed by atoms with Crippen molar-refractivity contribution in [1.82, 2.24) is 0 Å². The van der Waals surface area contributed by atoms with Gasteiger partial charge in [-0.05, 0) is 12.3 Å². The molecule has 3 nitrogen and oxygen atoms in total. The van der Waals surface area contributed by atoms with E-state index in [0.29, 0.717) is 12.2 Å². The number of hydrogen-bond acceptors (Lipinski definition) is 4. The number of carbonyl (C=O) groups is 1. The van der Waals surface area contributed by atoms with Crippen molar-refractivity contribution in [2.75, 3.05) is 12.4 Å². The average molecular weight is 230 g/mol. The van der Waals surface area contributed by atoms with Crippen LogP contribution in [0.2, 0.25) is 0 Å². The number of esters is 1. The molecular weight excluding hydrogens is 212 g/mol. The Morgan fingerprint density at radius 1 is 1.53 bits per heavy atom. The van der Waals surface area contributed by atoms with Gasteiger partial charge in [-0.15, -0.1) is 11.8 Å². The van der Waals surface area contributed by atoms with E-state index < -0.39 is 11.8 Å². The first-order valence-corrected chi connectivity index (χ1v) is 5.69. The van der Waals surface area contributed by atoms with Crippen molar-refractivity contribution in [3.8, 4) is 0 Å². The van der Waals surface area contributed by atoms with Gasteiger partial charge in [-0.3, -0.25) is 0 Å². The molecule has 0 aliphatic carbocycles. The van der Waals surface area contributed by atoms with Crippen LogP contribution >= 0.6 is 11.8 Å². The topological polar surface area (TPSA) is 35.5 Å². The third kappa shape index (κ3) is 7.22. The van der Waals surface area contributed by atoms with Crippen LogP contribution in [0, 0.1) is 0 Å². The zero-order chi connectivity index (χ0) is 11.9. The molecule has 0 N–H and O–H groups in total. The summed E-state index contributed by atoms with van der Waals surface area (Å²) in [6, 6.07) is 0. The second-order valence-electron chi connectivity index (χ2n) is 3.46. The standard InChI is InChI=1S/C11H18O3S/c1-6-15-8-7-13-11(4,5)14-10(12)9(2)3/h6H,1-2,7-8H2,3-5H3. The average Bonchev–Trinajstić information content (AvgIpc) is 2.11. The minimum Gasteiger partial charge on any atom is -0.430 e.